The zero-order valence-corrected chi connectivity index (χ0v) is 19.3. The number of carbonyl (C=O) groups is 1. The first-order chi connectivity index (χ1) is 14.8. The van der Waals surface area contributed by atoms with Crippen LogP contribution in [0.1, 0.15) is 31.7 Å². The Morgan fingerprint density at radius 1 is 1.13 bits per heavy atom. The first-order valence-corrected chi connectivity index (χ1v) is 12.6. The van der Waals surface area contributed by atoms with Crippen molar-refractivity contribution in [2.45, 2.75) is 38.6 Å². The zero-order chi connectivity index (χ0) is 22.4. The smallest absolute Gasteiger partial charge is 0.246 e. The van der Waals surface area contributed by atoms with Gasteiger partial charge in [-0.2, -0.15) is 0 Å². The molecule has 1 fully saturated rings. The highest BCUT2D eigenvalue weighted by Crippen LogP contribution is 2.28. The molecule has 1 aliphatic rings. The minimum absolute atomic E-state index is 0.131. The zero-order valence-electron chi connectivity index (χ0n) is 18.5. The molecule has 0 radical (unpaired) electrons. The summed E-state index contributed by atoms with van der Waals surface area (Å²) < 4.78 is 31.9. The number of hydrogen-bond donors (Lipinski definition) is 0. The standard InChI is InChI=1S/C24H32N2O4S/c1-4-23(26(31(3,28)29)21-11-8-12-22(18-21)30-2)24(27)25-15-13-20(14-16-25)17-19-9-6-5-7-10-19/h5-12,18,20,23H,4,13-17H2,1-3H3. The maximum absolute atomic E-state index is 13.4. The number of methoxy groups -OCH3 is 1. The van der Waals surface area contributed by atoms with Crippen LogP contribution in [-0.2, 0) is 21.2 Å². The maximum atomic E-state index is 13.4. The van der Waals surface area contributed by atoms with Crippen LogP contribution in [0.15, 0.2) is 54.6 Å². The molecule has 2 aromatic rings. The summed E-state index contributed by atoms with van der Waals surface area (Å²) in [5.74, 6) is 0.958. The van der Waals surface area contributed by atoms with Gasteiger partial charge in [-0.1, -0.05) is 43.3 Å². The maximum Gasteiger partial charge on any atom is 0.246 e. The Labute approximate surface area is 185 Å². The monoisotopic (exact) mass is 444 g/mol. The Balaban J connectivity index is 1.73. The van der Waals surface area contributed by atoms with E-state index in [4.69, 9.17) is 4.74 Å². The lowest BCUT2D eigenvalue weighted by molar-refractivity contribution is -0.133. The van der Waals surface area contributed by atoms with Gasteiger partial charge >= 0.3 is 0 Å². The molecule has 31 heavy (non-hydrogen) atoms. The minimum atomic E-state index is -3.66. The molecular weight excluding hydrogens is 412 g/mol. The van der Waals surface area contributed by atoms with Gasteiger partial charge in [0.15, 0.2) is 0 Å². The fraction of sp³-hybridized carbons (Fsp3) is 0.458. The fourth-order valence-corrected chi connectivity index (χ4v) is 5.50. The van der Waals surface area contributed by atoms with E-state index in [1.54, 1.807) is 24.3 Å². The third-order valence-corrected chi connectivity index (χ3v) is 7.09. The topological polar surface area (TPSA) is 66.9 Å². The van der Waals surface area contributed by atoms with Crippen molar-refractivity contribution in [2.75, 3.05) is 30.8 Å². The fourth-order valence-electron chi connectivity index (χ4n) is 4.31. The van der Waals surface area contributed by atoms with E-state index in [0.717, 1.165) is 25.5 Å². The summed E-state index contributed by atoms with van der Waals surface area (Å²) in [5, 5.41) is 0. The number of nitrogens with zero attached hydrogens (tertiary/aromatic N) is 2. The molecular formula is C24H32N2O4S. The molecule has 6 nitrogen and oxygen atoms in total. The van der Waals surface area contributed by atoms with Gasteiger partial charge in [0.25, 0.3) is 0 Å². The van der Waals surface area contributed by atoms with Crippen molar-refractivity contribution in [2.24, 2.45) is 5.92 Å². The first-order valence-electron chi connectivity index (χ1n) is 10.8. The van der Waals surface area contributed by atoms with Crippen molar-refractivity contribution in [1.29, 1.82) is 0 Å². The molecule has 1 amide bonds. The second kappa shape index (κ2) is 10.2. The van der Waals surface area contributed by atoms with Crippen molar-refractivity contribution in [1.82, 2.24) is 4.90 Å². The third kappa shape index (κ3) is 5.79. The quantitative estimate of drug-likeness (QED) is 0.622. The van der Waals surface area contributed by atoms with Crippen LogP contribution in [0, 0.1) is 5.92 Å². The number of likely N-dealkylation sites (tertiary alicyclic amines) is 1. The number of carbonyl (C=O) groups excluding carboxylic acids is 1. The van der Waals surface area contributed by atoms with Crippen LogP contribution in [-0.4, -0.2) is 51.7 Å². The highest BCUT2D eigenvalue weighted by Gasteiger charge is 2.35. The van der Waals surface area contributed by atoms with E-state index in [1.165, 1.54) is 17.0 Å². The van der Waals surface area contributed by atoms with Gasteiger partial charge in [0, 0.05) is 19.2 Å². The summed E-state index contributed by atoms with van der Waals surface area (Å²) in [5.41, 5.74) is 1.76. The number of ether oxygens (including phenoxy) is 1. The lowest BCUT2D eigenvalue weighted by Gasteiger charge is -2.37. The van der Waals surface area contributed by atoms with E-state index in [0.29, 0.717) is 36.9 Å². The molecule has 168 valence electrons. The van der Waals surface area contributed by atoms with Gasteiger partial charge in [-0.25, -0.2) is 8.42 Å². The Morgan fingerprint density at radius 2 is 1.81 bits per heavy atom. The number of hydrogen-bond acceptors (Lipinski definition) is 4. The van der Waals surface area contributed by atoms with Crippen molar-refractivity contribution < 1.29 is 17.9 Å². The average Bonchev–Trinajstić information content (AvgIpc) is 2.77. The number of piperidine rings is 1. The molecule has 7 heteroatoms. The van der Waals surface area contributed by atoms with Crippen LogP contribution in [0.4, 0.5) is 5.69 Å². The molecule has 2 aromatic carbocycles. The highest BCUT2D eigenvalue weighted by atomic mass is 32.2. The van der Waals surface area contributed by atoms with Crippen molar-refractivity contribution in [3.8, 4) is 5.75 Å². The molecule has 1 atom stereocenters. The van der Waals surface area contributed by atoms with Crippen LogP contribution >= 0.6 is 0 Å². The van der Waals surface area contributed by atoms with Gasteiger partial charge in [0.1, 0.15) is 11.8 Å². The summed E-state index contributed by atoms with van der Waals surface area (Å²) in [6.07, 6.45) is 4.41. The molecule has 0 saturated carbocycles. The summed E-state index contributed by atoms with van der Waals surface area (Å²) in [6, 6.07) is 16.5. The van der Waals surface area contributed by atoms with Gasteiger partial charge in [-0.3, -0.25) is 9.10 Å². The Bertz CT molecular complexity index is 970. The molecule has 1 heterocycles. The first kappa shape index (κ1) is 23.1. The van der Waals surface area contributed by atoms with Crippen LogP contribution in [0.5, 0.6) is 5.75 Å². The van der Waals surface area contributed by atoms with Crippen molar-refractivity contribution in [3.05, 3.63) is 60.2 Å². The molecule has 0 N–H and O–H groups in total. The normalized spacial score (nSPS) is 16.0. The minimum Gasteiger partial charge on any atom is -0.497 e. The van der Waals surface area contributed by atoms with Crippen molar-refractivity contribution >= 4 is 21.6 Å². The number of rotatable bonds is 8. The molecule has 0 bridgehead atoms. The number of sulfonamides is 1. The Morgan fingerprint density at radius 3 is 2.39 bits per heavy atom. The molecule has 1 saturated heterocycles. The molecule has 0 spiro atoms. The molecule has 1 unspecified atom stereocenters. The molecule has 0 aromatic heterocycles. The van der Waals surface area contributed by atoms with Gasteiger partial charge in [-0.05, 0) is 49.3 Å². The van der Waals surface area contributed by atoms with Crippen LogP contribution in [0.2, 0.25) is 0 Å². The van der Waals surface area contributed by atoms with Gasteiger partial charge in [0.2, 0.25) is 15.9 Å². The van der Waals surface area contributed by atoms with E-state index >= 15 is 0 Å². The second-order valence-electron chi connectivity index (χ2n) is 8.14. The van der Waals surface area contributed by atoms with Gasteiger partial charge in [-0.15, -0.1) is 0 Å². The van der Waals surface area contributed by atoms with Crippen LogP contribution < -0.4 is 9.04 Å². The van der Waals surface area contributed by atoms with Gasteiger partial charge < -0.3 is 9.64 Å². The molecule has 1 aliphatic heterocycles. The largest absolute Gasteiger partial charge is 0.497 e. The van der Waals surface area contributed by atoms with Crippen LogP contribution in [0.3, 0.4) is 0 Å². The highest BCUT2D eigenvalue weighted by molar-refractivity contribution is 7.92. The molecule has 3 rings (SSSR count). The summed E-state index contributed by atoms with van der Waals surface area (Å²) in [4.78, 5) is 15.2. The lowest BCUT2D eigenvalue weighted by atomic mass is 9.90. The Kier molecular flexibility index (Phi) is 7.59. The number of anilines is 1. The third-order valence-electron chi connectivity index (χ3n) is 5.91. The Hall–Kier alpha value is -2.54. The van der Waals surface area contributed by atoms with Crippen molar-refractivity contribution in [3.63, 3.8) is 0 Å². The van der Waals surface area contributed by atoms with E-state index < -0.39 is 16.1 Å². The second-order valence-corrected chi connectivity index (χ2v) is 10.0. The van der Waals surface area contributed by atoms with E-state index in [1.807, 2.05) is 17.9 Å². The van der Waals surface area contributed by atoms with Crippen LogP contribution in [0.25, 0.3) is 0 Å². The van der Waals surface area contributed by atoms with E-state index in [2.05, 4.69) is 24.3 Å². The SMILES string of the molecule is CCC(C(=O)N1CCC(Cc2ccccc2)CC1)N(c1cccc(OC)c1)S(C)(=O)=O. The predicted octanol–water partition coefficient (Wildman–Crippen LogP) is 3.72. The average molecular weight is 445 g/mol. The summed E-state index contributed by atoms with van der Waals surface area (Å²) in [6.45, 7) is 3.16. The summed E-state index contributed by atoms with van der Waals surface area (Å²) in [7, 11) is -2.13. The number of benzene rings is 2. The number of amides is 1. The lowest BCUT2D eigenvalue weighted by Crippen LogP contribution is -2.52. The van der Waals surface area contributed by atoms with E-state index in [9.17, 15) is 13.2 Å². The van der Waals surface area contributed by atoms with Gasteiger partial charge in [0.05, 0.1) is 19.1 Å². The van der Waals surface area contributed by atoms with E-state index in [-0.39, 0.29) is 5.91 Å². The summed E-state index contributed by atoms with van der Waals surface area (Å²) >= 11 is 0. The predicted molar refractivity (Wildman–Crippen MR) is 124 cm³/mol. The molecule has 0 aliphatic carbocycles.